The Kier molecular flexibility index (Phi) is 3.34. The van der Waals surface area contributed by atoms with E-state index in [1.165, 1.54) is 16.4 Å². The third-order valence-electron chi connectivity index (χ3n) is 3.60. The first kappa shape index (κ1) is 14.5. The summed E-state index contributed by atoms with van der Waals surface area (Å²) < 4.78 is 26.3. The number of hydrogen-bond donors (Lipinski definition) is 2. The molecule has 2 aromatic rings. The molecule has 0 radical (unpaired) electrons. The fourth-order valence-electron chi connectivity index (χ4n) is 2.39. The number of nitrogens with one attached hydrogen (secondary N) is 2. The van der Waals surface area contributed by atoms with Crippen LogP contribution < -0.4 is 5.56 Å². The number of nitro groups is 1. The number of aromatic nitrogens is 2. The molecule has 0 saturated heterocycles. The Morgan fingerprint density at radius 1 is 1.18 bits per heavy atom. The predicted octanol–water partition coefficient (Wildman–Crippen LogP) is 0.358. The van der Waals surface area contributed by atoms with Crippen LogP contribution >= 0.6 is 0 Å². The molecule has 0 saturated carbocycles. The van der Waals surface area contributed by atoms with E-state index >= 15 is 0 Å². The maximum Gasteiger partial charge on any atom is 0.269 e. The summed E-state index contributed by atoms with van der Waals surface area (Å²) >= 11 is 0. The van der Waals surface area contributed by atoms with Crippen molar-refractivity contribution in [3.05, 3.63) is 56.0 Å². The first-order chi connectivity index (χ1) is 10.4. The van der Waals surface area contributed by atoms with E-state index < -0.39 is 14.9 Å². The molecule has 22 heavy (non-hydrogen) atoms. The lowest BCUT2D eigenvalue weighted by molar-refractivity contribution is -0.384. The molecule has 0 aliphatic carbocycles. The number of nitrogens with zero attached hydrogens (tertiary/aromatic N) is 2. The molecule has 3 rings (SSSR count). The Labute approximate surface area is 124 Å². The summed E-state index contributed by atoms with van der Waals surface area (Å²) in [5.74, 6) is 0. The molecule has 0 amide bonds. The molecule has 1 aliphatic rings. The van der Waals surface area contributed by atoms with Crippen LogP contribution in [0.2, 0.25) is 0 Å². The molecule has 2 N–H and O–H groups in total. The van der Waals surface area contributed by atoms with Gasteiger partial charge in [-0.25, -0.2) is 8.42 Å². The Balaban J connectivity index is 1.92. The van der Waals surface area contributed by atoms with Crippen molar-refractivity contribution in [2.24, 2.45) is 0 Å². The number of fused-ring (bicyclic) bond motifs is 1. The Morgan fingerprint density at radius 2 is 1.86 bits per heavy atom. The van der Waals surface area contributed by atoms with Crippen molar-refractivity contribution in [3.63, 3.8) is 0 Å². The van der Waals surface area contributed by atoms with E-state index in [0.29, 0.717) is 17.7 Å². The van der Waals surface area contributed by atoms with E-state index in [1.807, 2.05) is 0 Å². The van der Waals surface area contributed by atoms with Gasteiger partial charge in [-0.05, 0) is 12.1 Å². The number of non-ortho nitro benzene ring substituents is 1. The SMILES string of the molecule is O=c1[nH][nH]c2c1CN(S(=O)(=O)c1ccc([N+](=O)[O-])cc1)CC2. The zero-order chi connectivity index (χ0) is 15.9. The molecular formula is C12H12N4O5S. The third-order valence-corrected chi connectivity index (χ3v) is 5.46. The van der Waals surface area contributed by atoms with Gasteiger partial charge in [0, 0.05) is 37.3 Å². The van der Waals surface area contributed by atoms with Gasteiger partial charge in [0.05, 0.1) is 15.4 Å². The molecule has 0 bridgehead atoms. The van der Waals surface area contributed by atoms with Crippen molar-refractivity contribution in [2.45, 2.75) is 17.9 Å². The second kappa shape index (κ2) is 5.07. The van der Waals surface area contributed by atoms with E-state index in [0.717, 1.165) is 12.1 Å². The van der Waals surface area contributed by atoms with Gasteiger partial charge in [-0.3, -0.25) is 20.0 Å². The second-order valence-corrected chi connectivity index (χ2v) is 6.81. The zero-order valence-electron chi connectivity index (χ0n) is 11.3. The molecule has 1 aromatic heterocycles. The lowest BCUT2D eigenvalue weighted by Crippen LogP contribution is -2.37. The van der Waals surface area contributed by atoms with E-state index in [1.54, 1.807) is 0 Å². The maximum absolute atomic E-state index is 12.5. The largest absolute Gasteiger partial charge is 0.302 e. The summed E-state index contributed by atoms with van der Waals surface area (Å²) in [6.45, 7) is 0.216. The Hall–Kier alpha value is -2.46. The Bertz CT molecular complexity index is 881. The van der Waals surface area contributed by atoms with Crippen molar-refractivity contribution < 1.29 is 13.3 Å². The standard InChI is InChI=1S/C12H12N4O5S/c17-12-10-7-15(6-5-11(10)13-14-12)22(20,21)9-3-1-8(2-4-9)16(18)19/h1-4H,5-7H2,(H2,13,14,17). The lowest BCUT2D eigenvalue weighted by Gasteiger charge is -2.25. The van der Waals surface area contributed by atoms with Gasteiger partial charge in [-0.1, -0.05) is 0 Å². The number of benzene rings is 1. The molecule has 1 aliphatic heterocycles. The van der Waals surface area contributed by atoms with Crippen LogP contribution in [0.5, 0.6) is 0 Å². The molecule has 2 heterocycles. The molecule has 0 spiro atoms. The molecule has 0 atom stereocenters. The molecule has 116 valence electrons. The van der Waals surface area contributed by atoms with Crippen LogP contribution in [0.15, 0.2) is 34.0 Å². The van der Waals surface area contributed by atoms with E-state index in [9.17, 15) is 23.3 Å². The van der Waals surface area contributed by atoms with Gasteiger partial charge in [-0.15, -0.1) is 0 Å². The van der Waals surface area contributed by atoms with Gasteiger partial charge in [0.15, 0.2) is 0 Å². The summed E-state index contributed by atoms with van der Waals surface area (Å²) in [7, 11) is -3.80. The van der Waals surface area contributed by atoms with Gasteiger partial charge in [-0.2, -0.15) is 4.31 Å². The maximum atomic E-state index is 12.5. The van der Waals surface area contributed by atoms with Crippen molar-refractivity contribution in [1.29, 1.82) is 0 Å². The molecule has 10 heteroatoms. The van der Waals surface area contributed by atoms with Crippen LogP contribution in [0.3, 0.4) is 0 Å². The van der Waals surface area contributed by atoms with E-state index in [-0.39, 0.29) is 29.2 Å². The minimum Gasteiger partial charge on any atom is -0.302 e. The first-order valence-corrected chi connectivity index (χ1v) is 7.86. The van der Waals surface area contributed by atoms with Crippen molar-refractivity contribution in [3.8, 4) is 0 Å². The highest BCUT2D eigenvalue weighted by Gasteiger charge is 2.30. The monoisotopic (exact) mass is 324 g/mol. The topological polar surface area (TPSA) is 129 Å². The predicted molar refractivity (Wildman–Crippen MR) is 75.8 cm³/mol. The molecule has 1 aromatic carbocycles. The van der Waals surface area contributed by atoms with Crippen LogP contribution in [-0.4, -0.2) is 34.4 Å². The van der Waals surface area contributed by atoms with Crippen molar-refractivity contribution in [1.82, 2.24) is 14.5 Å². The first-order valence-electron chi connectivity index (χ1n) is 6.42. The number of rotatable bonds is 3. The molecule has 0 unspecified atom stereocenters. The average molecular weight is 324 g/mol. The van der Waals surface area contributed by atoms with Crippen molar-refractivity contribution >= 4 is 15.7 Å². The summed E-state index contributed by atoms with van der Waals surface area (Å²) in [5, 5.41) is 15.8. The van der Waals surface area contributed by atoms with Crippen LogP contribution in [0.1, 0.15) is 11.3 Å². The second-order valence-electron chi connectivity index (χ2n) is 4.88. The third kappa shape index (κ3) is 2.31. The molecular weight excluding hydrogens is 312 g/mol. The van der Waals surface area contributed by atoms with Gasteiger partial charge in [0.2, 0.25) is 10.0 Å². The highest BCUT2D eigenvalue weighted by molar-refractivity contribution is 7.89. The van der Waals surface area contributed by atoms with Gasteiger partial charge < -0.3 is 5.10 Å². The summed E-state index contributed by atoms with van der Waals surface area (Å²) in [6.07, 6.45) is 0.403. The number of aromatic amines is 2. The van der Waals surface area contributed by atoms with Crippen molar-refractivity contribution in [2.75, 3.05) is 6.54 Å². The summed E-state index contributed by atoms with van der Waals surface area (Å²) in [4.78, 5) is 21.6. The smallest absolute Gasteiger partial charge is 0.269 e. The fraction of sp³-hybridized carbons (Fsp3) is 0.250. The average Bonchev–Trinajstić information content (AvgIpc) is 2.88. The zero-order valence-corrected chi connectivity index (χ0v) is 12.1. The summed E-state index contributed by atoms with van der Waals surface area (Å²) in [5.41, 5.74) is 0.595. The highest BCUT2D eigenvalue weighted by Crippen LogP contribution is 2.23. The van der Waals surface area contributed by atoms with Gasteiger partial charge >= 0.3 is 0 Å². The van der Waals surface area contributed by atoms with Crippen LogP contribution in [0, 0.1) is 10.1 Å². The van der Waals surface area contributed by atoms with Crippen LogP contribution in [-0.2, 0) is 23.0 Å². The lowest BCUT2D eigenvalue weighted by atomic mass is 10.1. The minimum atomic E-state index is -3.80. The number of sulfonamides is 1. The summed E-state index contributed by atoms with van der Waals surface area (Å²) in [6, 6.07) is 4.69. The molecule has 9 nitrogen and oxygen atoms in total. The van der Waals surface area contributed by atoms with Gasteiger partial charge in [0.1, 0.15) is 0 Å². The highest BCUT2D eigenvalue weighted by atomic mass is 32.2. The molecule has 0 fully saturated rings. The number of nitro benzene ring substituents is 1. The van der Waals surface area contributed by atoms with E-state index in [4.69, 9.17) is 0 Å². The minimum absolute atomic E-state index is 0.0203. The number of hydrogen-bond acceptors (Lipinski definition) is 5. The van der Waals surface area contributed by atoms with Crippen LogP contribution in [0.4, 0.5) is 5.69 Å². The quantitative estimate of drug-likeness (QED) is 0.622. The fourth-order valence-corrected chi connectivity index (χ4v) is 3.80. The normalized spacial score (nSPS) is 15.5. The van der Waals surface area contributed by atoms with Gasteiger partial charge in [0.25, 0.3) is 11.2 Å². The van der Waals surface area contributed by atoms with Crippen LogP contribution in [0.25, 0.3) is 0 Å². The Morgan fingerprint density at radius 3 is 2.50 bits per heavy atom. The van der Waals surface area contributed by atoms with E-state index in [2.05, 4.69) is 10.2 Å². The number of H-pyrrole nitrogens is 2.